The lowest BCUT2D eigenvalue weighted by Gasteiger charge is -2.29. The van der Waals surface area contributed by atoms with Crippen molar-refractivity contribution < 1.29 is 0 Å². The van der Waals surface area contributed by atoms with Crippen LogP contribution >= 0.6 is 0 Å². The van der Waals surface area contributed by atoms with Gasteiger partial charge < -0.3 is 5.32 Å². The van der Waals surface area contributed by atoms with Gasteiger partial charge in [-0.05, 0) is 44.6 Å². The molecule has 1 heterocycles. The fourth-order valence-corrected chi connectivity index (χ4v) is 2.54. The van der Waals surface area contributed by atoms with Crippen molar-refractivity contribution in [3.8, 4) is 0 Å². The van der Waals surface area contributed by atoms with Crippen LogP contribution in [0.25, 0.3) is 0 Å². The predicted octanol–water partition coefficient (Wildman–Crippen LogP) is 3.90. The van der Waals surface area contributed by atoms with Crippen LogP contribution in [-0.2, 0) is 0 Å². The van der Waals surface area contributed by atoms with Crippen molar-refractivity contribution in [2.45, 2.75) is 64.3 Å². The van der Waals surface area contributed by atoms with E-state index < -0.39 is 0 Å². The Labute approximate surface area is 95.3 Å². The van der Waals surface area contributed by atoms with E-state index in [1.807, 2.05) is 6.08 Å². The highest BCUT2D eigenvalue weighted by atomic mass is 14.9. The number of hydrogen-bond acceptors (Lipinski definition) is 1. The van der Waals surface area contributed by atoms with E-state index in [1.54, 1.807) is 0 Å². The zero-order chi connectivity index (χ0) is 10.9. The molecule has 1 fully saturated rings. The lowest BCUT2D eigenvalue weighted by Crippen LogP contribution is -2.37. The Balaban J connectivity index is 2.02. The van der Waals surface area contributed by atoms with Gasteiger partial charge in [-0.15, -0.1) is 6.58 Å². The molecule has 1 heteroatoms. The number of hydrogen-bond donors (Lipinski definition) is 1. The van der Waals surface area contributed by atoms with Gasteiger partial charge in [-0.3, -0.25) is 0 Å². The first-order valence-electron chi connectivity index (χ1n) is 6.71. The van der Waals surface area contributed by atoms with Gasteiger partial charge in [-0.1, -0.05) is 32.3 Å². The van der Waals surface area contributed by atoms with Crippen molar-refractivity contribution >= 4 is 0 Å². The number of allylic oxidation sites excluding steroid dienone is 1. The van der Waals surface area contributed by atoms with Crippen molar-refractivity contribution in [1.82, 2.24) is 5.32 Å². The minimum Gasteiger partial charge on any atom is -0.314 e. The molecule has 88 valence electrons. The van der Waals surface area contributed by atoms with Gasteiger partial charge in [-0.25, -0.2) is 0 Å². The predicted molar refractivity (Wildman–Crippen MR) is 68.1 cm³/mol. The van der Waals surface area contributed by atoms with Gasteiger partial charge in [0.1, 0.15) is 0 Å². The molecule has 1 saturated heterocycles. The molecule has 0 radical (unpaired) electrons. The lowest BCUT2D eigenvalue weighted by atomic mass is 9.88. The largest absolute Gasteiger partial charge is 0.314 e. The summed E-state index contributed by atoms with van der Waals surface area (Å²) in [4.78, 5) is 0. The van der Waals surface area contributed by atoms with Gasteiger partial charge in [0, 0.05) is 6.04 Å². The molecule has 0 aliphatic carbocycles. The van der Waals surface area contributed by atoms with Gasteiger partial charge in [-0.2, -0.15) is 0 Å². The van der Waals surface area contributed by atoms with Gasteiger partial charge in [0.2, 0.25) is 0 Å². The highest BCUT2D eigenvalue weighted by Crippen LogP contribution is 2.22. The SMILES string of the molecule is C=CCCCCCC1CC(CC)CCN1. The summed E-state index contributed by atoms with van der Waals surface area (Å²) >= 11 is 0. The summed E-state index contributed by atoms with van der Waals surface area (Å²) in [6.45, 7) is 7.33. The Hall–Kier alpha value is -0.300. The summed E-state index contributed by atoms with van der Waals surface area (Å²) in [5.74, 6) is 0.990. The third-order valence-electron chi connectivity index (χ3n) is 3.64. The van der Waals surface area contributed by atoms with Crippen LogP contribution in [-0.4, -0.2) is 12.6 Å². The van der Waals surface area contributed by atoms with Crippen molar-refractivity contribution in [3.05, 3.63) is 12.7 Å². The summed E-state index contributed by atoms with van der Waals surface area (Å²) < 4.78 is 0. The smallest absolute Gasteiger partial charge is 0.00697 e. The highest BCUT2D eigenvalue weighted by Gasteiger charge is 2.19. The van der Waals surface area contributed by atoms with Crippen LogP contribution in [0.2, 0.25) is 0 Å². The molecule has 1 aliphatic heterocycles. The van der Waals surface area contributed by atoms with Crippen molar-refractivity contribution in [3.63, 3.8) is 0 Å². The maximum absolute atomic E-state index is 3.76. The molecule has 2 atom stereocenters. The monoisotopic (exact) mass is 209 g/mol. The first kappa shape index (κ1) is 12.8. The highest BCUT2D eigenvalue weighted by molar-refractivity contribution is 4.77. The number of nitrogens with one attached hydrogen (secondary N) is 1. The maximum Gasteiger partial charge on any atom is 0.00697 e. The van der Waals surface area contributed by atoms with E-state index in [4.69, 9.17) is 0 Å². The molecule has 1 aliphatic rings. The Morgan fingerprint density at radius 1 is 1.33 bits per heavy atom. The normalized spacial score (nSPS) is 26.5. The molecule has 0 aromatic heterocycles. The Morgan fingerprint density at radius 2 is 2.20 bits per heavy atom. The van der Waals surface area contributed by atoms with Crippen LogP contribution < -0.4 is 5.32 Å². The van der Waals surface area contributed by atoms with E-state index in [-0.39, 0.29) is 0 Å². The first-order chi connectivity index (χ1) is 7.36. The van der Waals surface area contributed by atoms with E-state index in [9.17, 15) is 0 Å². The average Bonchev–Trinajstić information content (AvgIpc) is 2.29. The van der Waals surface area contributed by atoms with Crippen molar-refractivity contribution in [2.75, 3.05) is 6.54 Å². The number of rotatable bonds is 7. The van der Waals surface area contributed by atoms with E-state index in [1.165, 1.54) is 57.9 Å². The molecule has 0 aromatic rings. The second-order valence-electron chi connectivity index (χ2n) is 4.88. The quantitative estimate of drug-likeness (QED) is 0.495. The second-order valence-corrected chi connectivity index (χ2v) is 4.88. The van der Waals surface area contributed by atoms with E-state index >= 15 is 0 Å². The Kier molecular flexibility index (Phi) is 6.74. The molecule has 0 saturated carbocycles. The van der Waals surface area contributed by atoms with Gasteiger partial charge in [0.05, 0.1) is 0 Å². The summed E-state index contributed by atoms with van der Waals surface area (Å²) in [6, 6.07) is 0.812. The topological polar surface area (TPSA) is 12.0 Å². The first-order valence-corrected chi connectivity index (χ1v) is 6.71. The van der Waals surface area contributed by atoms with Crippen molar-refractivity contribution in [1.29, 1.82) is 0 Å². The number of piperidine rings is 1. The molecular weight excluding hydrogens is 182 g/mol. The minimum atomic E-state index is 0.812. The zero-order valence-corrected chi connectivity index (χ0v) is 10.3. The third kappa shape index (κ3) is 5.36. The summed E-state index contributed by atoms with van der Waals surface area (Å²) in [5.41, 5.74) is 0. The van der Waals surface area contributed by atoms with Crippen LogP contribution in [0.15, 0.2) is 12.7 Å². The maximum atomic E-state index is 3.76. The van der Waals surface area contributed by atoms with Crippen LogP contribution in [0.5, 0.6) is 0 Å². The fraction of sp³-hybridized carbons (Fsp3) is 0.857. The van der Waals surface area contributed by atoms with E-state index in [2.05, 4.69) is 18.8 Å². The third-order valence-corrected chi connectivity index (χ3v) is 3.64. The molecule has 0 bridgehead atoms. The zero-order valence-electron chi connectivity index (χ0n) is 10.3. The fourth-order valence-electron chi connectivity index (χ4n) is 2.54. The van der Waals surface area contributed by atoms with Gasteiger partial charge in [0.15, 0.2) is 0 Å². The summed E-state index contributed by atoms with van der Waals surface area (Å²) in [6.07, 6.45) is 12.9. The minimum absolute atomic E-state index is 0.812. The average molecular weight is 209 g/mol. The molecule has 2 unspecified atom stereocenters. The van der Waals surface area contributed by atoms with E-state index in [0.29, 0.717) is 0 Å². The Morgan fingerprint density at radius 3 is 2.93 bits per heavy atom. The molecule has 1 N–H and O–H groups in total. The molecule has 0 aromatic carbocycles. The molecule has 1 rings (SSSR count). The molecule has 0 spiro atoms. The summed E-state index contributed by atoms with van der Waals surface area (Å²) in [5, 5.41) is 3.65. The van der Waals surface area contributed by atoms with Crippen LogP contribution in [0.3, 0.4) is 0 Å². The second kappa shape index (κ2) is 7.92. The molecular formula is C14H27N. The standard InChI is InChI=1S/C14H27N/c1-3-5-6-7-8-9-14-12-13(4-2)10-11-15-14/h3,13-15H,1,4-12H2,2H3. The van der Waals surface area contributed by atoms with Gasteiger partial charge >= 0.3 is 0 Å². The Bertz CT molecular complexity index is 165. The number of unbranched alkanes of at least 4 members (excludes halogenated alkanes) is 3. The van der Waals surface area contributed by atoms with Gasteiger partial charge in [0.25, 0.3) is 0 Å². The summed E-state index contributed by atoms with van der Waals surface area (Å²) in [7, 11) is 0. The van der Waals surface area contributed by atoms with Crippen LogP contribution in [0.4, 0.5) is 0 Å². The van der Waals surface area contributed by atoms with Crippen molar-refractivity contribution in [2.24, 2.45) is 5.92 Å². The molecule has 15 heavy (non-hydrogen) atoms. The molecule has 0 amide bonds. The van der Waals surface area contributed by atoms with E-state index in [0.717, 1.165) is 12.0 Å². The van der Waals surface area contributed by atoms with Crippen LogP contribution in [0.1, 0.15) is 58.3 Å². The van der Waals surface area contributed by atoms with Crippen LogP contribution in [0, 0.1) is 5.92 Å². The lowest BCUT2D eigenvalue weighted by molar-refractivity contribution is 0.280. The molecule has 1 nitrogen and oxygen atoms in total.